The van der Waals surface area contributed by atoms with Crippen molar-refractivity contribution >= 4 is 17.5 Å². The second-order valence-electron chi connectivity index (χ2n) is 10.6. The lowest BCUT2D eigenvalue weighted by Gasteiger charge is -2.32. The van der Waals surface area contributed by atoms with Gasteiger partial charge in [0.2, 0.25) is 5.91 Å². The molecule has 0 radical (unpaired) electrons. The molecule has 2 amide bonds. The first-order chi connectivity index (χ1) is 18.2. The highest BCUT2D eigenvalue weighted by Gasteiger charge is 2.46. The number of aryl methyl sites for hydroxylation is 1. The summed E-state index contributed by atoms with van der Waals surface area (Å²) < 4.78 is 31.5. The molecule has 2 aromatic rings. The Hall–Kier alpha value is -3.56. The Kier molecular flexibility index (Phi) is 7.58. The predicted octanol–water partition coefficient (Wildman–Crippen LogP) is 3.78. The second-order valence-corrected chi connectivity index (χ2v) is 10.6. The number of carbonyl (C=O) groups excluding carboxylic acids is 2. The maximum absolute atomic E-state index is 13.3. The van der Waals surface area contributed by atoms with Crippen molar-refractivity contribution in [2.75, 3.05) is 13.2 Å². The second kappa shape index (κ2) is 11.0. The highest BCUT2D eigenvalue weighted by molar-refractivity contribution is 6.09. The Morgan fingerprint density at radius 1 is 1.21 bits per heavy atom. The van der Waals surface area contributed by atoms with E-state index < -0.39 is 24.6 Å². The number of carbonyl (C=O) groups is 2. The highest BCUT2D eigenvalue weighted by Crippen LogP contribution is 2.34. The molecule has 10 heteroatoms. The summed E-state index contributed by atoms with van der Waals surface area (Å²) in [6, 6.07) is 12.1. The van der Waals surface area contributed by atoms with Crippen LogP contribution < -0.4 is 15.4 Å². The zero-order valence-corrected chi connectivity index (χ0v) is 21.4. The number of rotatable bonds is 11. The molecule has 3 atom stereocenters. The van der Waals surface area contributed by atoms with E-state index in [0.717, 1.165) is 24.6 Å². The summed E-state index contributed by atoms with van der Waals surface area (Å²) in [6.45, 7) is 0.828. The van der Waals surface area contributed by atoms with E-state index in [1.807, 2.05) is 11.1 Å². The van der Waals surface area contributed by atoms with Gasteiger partial charge in [0, 0.05) is 32.1 Å². The normalized spacial score (nSPS) is 22.9. The fourth-order valence-electron chi connectivity index (χ4n) is 4.99. The van der Waals surface area contributed by atoms with Gasteiger partial charge in [0.05, 0.1) is 5.71 Å². The summed E-state index contributed by atoms with van der Waals surface area (Å²) >= 11 is 0. The van der Waals surface area contributed by atoms with Gasteiger partial charge in [-0.15, -0.1) is 0 Å². The first-order valence-corrected chi connectivity index (χ1v) is 13.2. The Bertz CT molecular complexity index is 1180. The number of nitrogens with zero attached hydrogens (tertiary/aromatic N) is 3. The van der Waals surface area contributed by atoms with Gasteiger partial charge in [0.25, 0.3) is 11.8 Å². The number of aromatic nitrogens is 1. The molecule has 1 saturated carbocycles. The number of piperidine rings is 1. The Morgan fingerprint density at radius 3 is 2.79 bits per heavy atom. The molecule has 1 aromatic heterocycles. The Balaban J connectivity index is 1.23. The van der Waals surface area contributed by atoms with E-state index >= 15 is 0 Å². The molecule has 2 N–H and O–H groups in total. The van der Waals surface area contributed by atoms with Crippen LogP contribution in [0.4, 0.5) is 8.78 Å². The van der Waals surface area contributed by atoms with Crippen molar-refractivity contribution in [1.82, 2.24) is 20.6 Å². The van der Waals surface area contributed by atoms with E-state index in [9.17, 15) is 18.4 Å². The van der Waals surface area contributed by atoms with Crippen molar-refractivity contribution in [3.8, 4) is 5.75 Å². The molecule has 2 unspecified atom stereocenters. The van der Waals surface area contributed by atoms with Crippen molar-refractivity contribution in [2.45, 2.75) is 63.6 Å². The van der Waals surface area contributed by atoms with Crippen molar-refractivity contribution in [2.24, 2.45) is 16.9 Å². The zero-order chi connectivity index (χ0) is 26.7. The van der Waals surface area contributed by atoms with Gasteiger partial charge in [0.15, 0.2) is 6.61 Å². The molecule has 1 aromatic carbocycles. The predicted molar refractivity (Wildman–Crippen MR) is 138 cm³/mol. The molecule has 1 saturated heterocycles. The summed E-state index contributed by atoms with van der Waals surface area (Å²) in [7, 11) is 0. The number of hydrogen-bond donors (Lipinski definition) is 2. The van der Waals surface area contributed by atoms with E-state index in [4.69, 9.17) is 9.84 Å². The quantitative estimate of drug-likeness (QED) is 0.466. The number of pyridine rings is 1. The maximum atomic E-state index is 13.3. The third kappa shape index (κ3) is 6.65. The molecular formula is C28H33F2N5O3. The minimum absolute atomic E-state index is 0.113. The van der Waals surface area contributed by atoms with Crippen LogP contribution >= 0.6 is 0 Å². The van der Waals surface area contributed by atoms with E-state index in [1.54, 1.807) is 42.6 Å². The summed E-state index contributed by atoms with van der Waals surface area (Å²) in [5.41, 5.74) is 2.02. The van der Waals surface area contributed by atoms with Crippen LogP contribution in [0.15, 0.2) is 53.8 Å². The van der Waals surface area contributed by atoms with E-state index in [2.05, 4.69) is 15.6 Å². The molecule has 202 valence electrons. The van der Waals surface area contributed by atoms with Crippen molar-refractivity contribution in [1.29, 1.82) is 0 Å². The van der Waals surface area contributed by atoms with Gasteiger partial charge in [-0.2, -0.15) is 5.10 Å². The van der Waals surface area contributed by atoms with Gasteiger partial charge in [-0.05, 0) is 55.0 Å². The number of benzene rings is 1. The molecule has 0 spiro atoms. The maximum Gasteiger partial charge on any atom is 0.278 e. The third-order valence-electron chi connectivity index (χ3n) is 7.15. The average molecular weight is 526 g/mol. The lowest BCUT2D eigenvalue weighted by atomic mass is 9.87. The summed E-state index contributed by atoms with van der Waals surface area (Å²) in [5.74, 6) is -2.85. The van der Waals surface area contributed by atoms with Crippen molar-refractivity contribution in [3.63, 3.8) is 0 Å². The van der Waals surface area contributed by atoms with E-state index in [0.29, 0.717) is 43.2 Å². The van der Waals surface area contributed by atoms with Gasteiger partial charge in [-0.1, -0.05) is 31.0 Å². The lowest BCUT2D eigenvalue weighted by molar-refractivity contribution is -0.125. The number of nitrogens with one attached hydrogen (secondary N) is 2. The Morgan fingerprint density at radius 2 is 2.05 bits per heavy atom. The van der Waals surface area contributed by atoms with Gasteiger partial charge >= 0.3 is 0 Å². The SMILES string of the molecule is CC(F)(F)COc1cccc(CC[C@H]2CC3=NN(CCC4CC4)C(NC(=O)c4ccccn4)C3C(=O)N2)c1. The molecule has 3 aliphatic rings. The molecule has 38 heavy (non-hydrogen) atoms. The number of alkyl halides is 2. The first-order valence-electron chi connectivity index (χ1n) is 13.2. The van der Waals surface area contributed by atoms with E-state index in [1.165, 1.54) is 12.8 Å². The van der Waals surface area contributed by atoms with Crippen molar-refractivity contribution in [3.05, 3.63) is 59.9 Å². The smallest absolute Gasteiger partial charge is 0.278 e. The van der Waals surface area contributed by atoms with Gasteiger partial charge in [-0.25, -0.2) is 8.78 Å². The molecule has 8 nitrogen and oxygen atoms in total. The number of hydrogen-bond acceptors (Lipinski definition) is 6. The van der Waals surface area contributed by atoms with Crippen LogP contribution in [-0.4, -0.2) is 58.8 Å². The van der Waals surface area contributed by atoms with Gasteiger partial charge < -0.3 is 15.4 Å². The minimum Gasteiger partial charge on any atom is -0.487 e. The topological polar surface area (TPSA) is 95.9 Å². The van der Waals surface area contributed by atoms with Crippen LogP contribution in [0, 0.1) is 11.8 Å². The van der Waals surface area contributed by atoms with Crippen molar-refractivity contribution < 1.29 is 23.1 Å². The van der Waals surface area contributed by atoms with Crippen LogP contribution in [0.25, 0.3) is 0 Å². The average Bonchev–Trinajstić information content (AvgIpc) is 3.66. The standard InChI is InChI=1S/C28H33F2N5O3/c1-28(29,30)17-38-21-6-4-5-19(15-21)10-11-20-16-23-24(27(37)32-20)25(35(34-23)14-12-18-8-9-18)33-26(36)22-7-2-3-13-31-22/h2-7,13,15,18,20,24-25H,8-12,14,16-17H2,1H3,(H,32,37)(H,33,36)/t20-,24?,25?/m0/s1. The fourth-order valence-corrected chi connectivity index (χ4v) is 4.99. The molecule has 2 aliphatic heterocycles. The molecule has 0 bridgehead atoms. The lowest BCUT2D eigenvalue weighted by Crippen LogP contribution is -2.57. The molecular weight excluding hydrogens is 492 g/mol. The van der Waals surface area contributed by atoms with Gasteiger partial charge in [-0.3, -0.25) is 19.6 Å². The largest absolute Gasteiger partial charge is 0.487 e. The summed E-state index contributed by atoms with van der Waals surface area (Å²) in [5, 5.41) is 12.8. The molecule has 5 rings (SSSR count). The number of ether oxygens (including phenoxy) is 1. The zero-order valence-electron chi connectivity index (χ0n) is 21.4. The Labute approximate surface area is 220 Å². The van der Waals surface area contributed by atoms with Crippen LogP contribution in [0.1, 0.15) is 55.1 Å². The molecule has 1 aliphatic carbocycles. The minimum atomic E-state index is -2.90. The number of amides is 2. The fraction of sp³-hybridized carbons (Fsp3) is 0.500. The summed E-state index contributed by atoms with van der Waals surface area (Å²) in [4.78, 5) is 30.3. The highest BCUT2D eigenvalue weighted by atomic mass is 19.3. The van der Waals surface area contributed by atoms with Crippen LogP contribution in [0.5, 0.6) is 5.75 Å². The molecule has 2 fully saturated rings. The monoisotopic (exact) mass is 525 g/mol. The number of fused-ring (bicyclic) bond motifs is 1. The van der Waals surface area contributed by atoms with Crippen LogP contribution in [-0.2, 0) is 11.2 Å². The third-order valence-corrected chi connectivity index (χ3v) is 7.15. The summed E-state index contributed by atoms with van der Waals surface area (Å²) in [6.07, 6.45) is 6.33. The number of hydrazone groups is 1. The van der Waals surface area contributed by atoms with E-state index in [-0.39, 0.29) is 17.9 Å². The first kappa shape index (κ1) is 26.1. The molecule has 3 heterocycles. The van der Waals surface area contributed by atoms with Gasteiger partial charge in [0.1, 0.15) is 23.5 Å². The van der Waals surface area contributed by atoms with Crippen LogP contribution in [0.3, 0.4) is 0 Å². The van der Waals surface area contributed by atoms with Crippen LogP contribution in [0.2, 0.25) is 0 Å². The number of halogens is 2.